The Labute approximate surface area is 162 Å². The van der Waals surface area contributed by atoms with Gasteiger partial charge in [-0.25, -0.2) is 4.39 Å². The summed E-state index contributed by atoms with van der Waals surface area (Å²) in [6.45, 7) is 1.42. The maximum atomic E-state index is 13.1. The van der Waals surface area contributed by atoms with Crippen molar-refractivity contribution in [2.45, 2.75) is 13.0 Å². The predicted molar refractivity (Wildman–Crippen MR) is 104 cm³/mol. The highest BCUT2D eigenvalue weighted by molar-refractivity contribution is 5.56. The van der Waals surface area contributed by atoms with Gasteiger partial charge in [0.05, 0.1) is 20.4 Å². The summed E-state index contributed by atoms with van der Waals surface area (Å²) in [6, 6.07) is 10.1. The monoisotopic (exact) mass is 381 g/mol. The van der Waals surface area contributed by atoms with Gasteiger partial charge in [0.2, 0.25) is 5.95 Å². The van der Waals surface area contributed by atoms with Crippen LogP contribution in [0.25, 0.3) is 0 Å². The summed E-state index contributed by atoms with van der Waals surface area (Å²) >= 11 is 0. The van der Waals surface area contributed by atoms with Crippen LogP contribution < -0.4 is 19.7 Å². The average Bonchev–Trinajstić information content (AvgIpc) is 2.74. The molecule has 1 N–H and O–H groups in total. The molecule has 1 aliphatic rings. The molecule has 4 rings (SSSR count). The number of anilines is 3. The second-order valence-corrected chi connectivity index (χ2v) is 6.42. The van der Waals surface area contributed by atoms with E-state index in [1.165, 1.54) is 17.7 Å². The van der Waals surface area contributed by atoms with E-state index < -0.39 is 0 Å². The van der Waals surface area contributed by atoms with Crippen molar-refractivity contribution in [3.8, 4) is 11.5 Å². The molecule has 0 fully saturated rings. The van der Waals surface area contributed by atoms with E-state index in [0.717, 1.165) is 30.0 Å². The smallest absolute Gasteiger partial charge is 0.247 e. The fourth-order valence-electron chi connectivity index (χ4n) is 3.22. The Hall–Kier alpha value is -3.42. The highest BCUT2D eigenvalue weighted by Crippen LogP contribution is 2.34. The lowest BCUT2D eigenvalue weighted by molar-refractivity contribution is 0.353. The molecule has 0 saturated carbocycles. The minimum atomic E-state index is -0.286. The van der Waals surface area contributed by atoms with Gasteiger partial charge in [0.15, 0.2) is 17.3 Å². The van der Waals surface area contributed by atoms with E-state index in [9.17, 15) is 4.39 Å². The number of ether oxygens (including phenoxy) is 2. The van der Waals surface area contributed by atoms with Gasteiger partial charge in [-0.15, -0.1) is 5.10 Å². The third kappa shape index (κ3) is 3.66. The number of halogens is 1. The second kappa shape index (κ2) is 7.67. The molecule has 7 nitrogen and oxygen atoms in total. The summed E-state index contributed by atoms with van der Waals surface area (Å²) in [4.78, 5) is 6.62. The zero-order chi connectivity index (χ0) is 19.5. The second-order valence-electron chi connectivity index (χ2n) is 6.42. The number of rotatable bonds is 5. The van der Waals surface area contributed by atoms with Gasteiger partial charge in [0.25, 0.3) is 0 Å². The molecule has 0 amide bonds. The third-order valence-electron chi connectivity index (χ3n) is 4.67. The number of methoxy groups -OCH3 is 2. The molecule has 1 aliphatic heterocycles. The first-order chi connectivity index (χ1) is 13.7. The summed E-state index contributed by atoms with van der Waals surface area (Å²) < 4.78 is 23.9. The number of benzene rings is 2. The Kier molecular flexibility index (Phi) is 4.92. The Morgan fingerprint density at radius 1 is 1.04 bits per heavy atom. The van der Waals surface area contributed by atoms with Gasteiger partial charge < -0.3 is 19.7 Å². The number of fused-ring (bicyclic) bond motifs is 1. The molecule has 3 aromatic rings. The molecule has 2 aromatic carbocycles. The molecule has 2 heterocycles. The number of hydrogen-bond donors (Lipinski definition) is 1. The van der Waals surface area contributed by atoms with Crippen molar-refractivity contribution in [1.29, 1.82) is 0 Å². The molecule has 0 unspecified atom stereocenters. The van der Waals surface area contributed by atoms with Crippen molar-refractivity contribution in [2.24, 2.45) is 0 Å². The topological polar surface area (TPSA) is 72.4 Å². The van der Waals surface area contributed by atoms with Crippen molar-refractivity contribution < 1.29 is 13.9 Å². The van der Waals surface area contributed by atoms with Crippen LogP contribution in [0.4, 0.5) is 21.8 Å². The molecule has 0 radical (unpaired) electrons. The minimum Gasteiger partial charge on any atom is -0.493 e. The molecule has 28 heavy (non-hydrogen) atoms. The lowest BCUT2D eigenvalue weighted by Crippen LogP contribution is -2.32. The maximum absolute atomic E-state index is 13.1. The Morgan fingerprint density at radius 2 is 1.75 bits per heavy atom. The Balaban J connectivity index is 1.55. The lowest BCUT2D eigenvalue weighted by atomic mass is 9.99. The van der Waals surface area contributed by atoms with E-state index in [4.69, 9.17) is 9.47 Å². The van der Waals surface area contributed by atoms with Crippen LogP contribution >= 0.6 is 0 Å². The van der Waals surface area contributed by atoms with E-state index >= 15 is 0 Å². The summed E-state index contributed by atoms with van der Waals surface area (Å²) in [5, 5.41) is 11.4. The van der Waals surface area contributed by atoms with Crippen LogP contribution in [0.2, 0.25) is 0 Å². The number of hydrogen-bond acceptors (Lipinski definition) is 7. The third-order valence-corrected chi connectivity index (χ3v) is 4.67. The average molecular weight is 381 g/mol. The molecule has 0 atom stereocenters. The molecule has 144 valence electrons. The standard InChI is InChI=1S/C20H20FN5O2/c1-27-17-9-13-7-8-26(12-14(13)10-18(17)28-2)20-24-19(11-22-25-20)23-16-5-3-15(21)4-6-16/h3-6,9-11H,7-8,12H2,1-2H3,(H,23,24,25). The quantitative estimate of drug-likeness (QED) is 0.727. The van der Waals surface area contributed by atoms with Crippen molar-refractivity contribution in [1.82, 2.24) is 15.2 Å². The molecule has 0 aliphatic carbocycles. The normalized spacial score (nSPS) is 13.0. The van der Waals surface area contributed by atoms with Gasteiger partial charge in [-0.3, -0.25) is 0 Å². The number of nitrogens with zero attached hydrogens (tertiary/aromatic N) is 4. The Bertz CT molecular complexity index is 981. The Morgan fingerprint density at radius 3 is 2.46 bits per heavy atom. The highest BCUT2D eigenvalue weighted by atomic mass is 19.1. The van der Waals surface area contributed by atoms with E-state index in [1.807, 2.05) is 12.1 Å². The summed E-state index contributed by atoms with van der Waals surface area (Å²) in [6.07, 6.45) is 2.38. The molecular formula is C20H20FN5O2. The van der Waals surface area contributed by atoms with Crippen molar-refractivity contribution >= 4 is 17.5 Å². The first-order valence-electron chi connectivity index (χ1n) is 8.87. The first kappa shape index (κ1) is 18.0. The van der Waals surface area contributed by atoms with E-state index in [0.29, 0.717) is 24.1 Å². The van der Waals surface area contributed by atoms with Crippen LogP contribution in [0, 0.1) is 5.82 Å². The minimum absolute atomic E-state index is 0.286. The molecule has 0 spiro atoms. The zero-order valence-electron chi connectivity index (χ0n) is 15.6. The van der Waals surface area contributed by atoms with E-state index in [1.54, 1.807) is 32.5 Å². The van der Waals surface area contributed by atoms with E-state index in [2.05, 4.69) is 25.4 Å². The van der Waals surface area contributed by atoms with Crippen LogP contribution in [0.15, 0.2) is 42.6 Å². The van der Waals surface area contributed by atoms with Crippen molar-refractivity contribution in [3.63, 3.8) is 0 Å². The largest absolute Gasteiger partial charge is 0.493 e. The molecule has 0 bridgehead atoms. The van der Waals surface area contributed by atoms with Crippen LogP contribution in [0.3, 0.4) is 0 Å². The summed E-state index contributed by atoms with van der Waals surface area (Å²) in [7, 11) is 3.26. The van der Waals surface area contributed by atoms with E-state index in [-0.39, 0.29) is 5.82 Å². The maximum Gasteiger partial charge on any atom is 0.247 e. The predicted octanol–water partition coefficient (Wildman–Crippen LogP) is 3.33. The van der Waals surface area contributed by atoms with Gasteiger partial charge in [0.1, 0.15) is 5.82 Å². The van der Waals surface area contributed by atoms with Crippen LogP contribution in [0.1, 0.15) is 11.1 Å². The van der Waals surface area contributed by atoms with Gasteiger partial charge in [-0.2, -0.15) is 10.1 Å². The molecule has 8 heteroatoms. The number of aromatic nitrogens is 3. The van der Waals surface area contributed by atoms with Gasteiger partial charge in [-0.05, 0) is 53.9 Å². The SMILES string of the molecule is COc1cc2c(cc1OC)CN(c1nncc(Nc3ccc(F)cc3)n1)CC2. The van der Waals surface area contributed by atoms with Gasteiger partial charge >= 0.3 is 0 Å². The number of nitrogens with one attached hydrogen (secondary N) is 1. The summed E-state index contributed by atoms with van der Waals surface area (Å²) in [5.41, 5.74) is 3.10. The molecular weight excluding hydrogens is 361 g/mol. The molecule has 1 aromatic heterocycles. The van der Waals surface area contributed by atoms with Crippen LogP contribution in [0.5, 0.6) is 11.5 Å². The van der Waals surface area contributed by atoms with Gasteiger partial charge in [0, 0.05) is 18.8 Å². The van der Waals surface area contributed by atoms with Crippen molar-refractivity contribution in [3.05, 3.63) is 59.5 Å². The van der Waals surface area contributed by atoms with Crippen LogP contribution in [-0.2, 0) is 13.0 Å². The van der Waals surface area contributed by atoms with Crippen molar-refractivity contribution in [2.75, 3.05) is 31.0 Å². The highest BCUT2D eigenvalue weighted by Gasteiger charge is 2.21. The summed E-state index contributed by atoms with van der Waals surface area (Å²) in [5.74, 6) is 2.24. The van der Waals surface area contributed by atoms with Gasteiger partial charge in [-0.1, -0.05) is 0 Å². The first-order valence-corrected chi connectivity index (χ1v) is 8.87. The van der Waals surface area contributed by atoms with Crippen LogP contribution in [-0.4, -0.2) is 35.9 Å². The molecule has 0 saturated heterocycles. The lowest BCUT2D eigenvalue weighted by Gasteiger charge is -2.29. The fraction of sp³-hybridized carbons (Fsp3) is 0.250. The zero-order valence-corrected chi connectivity index (χ0v) is 15.6. The fourth-order valence-corrected chi connectivity index (χ4v) is 3.22.